The minimum atomic E-state index is -0.170. The van der Waals surface area contributed by atoms with Gasteiger partial charge >= 0.3 is 0 Å². The lowest BCUT2D eigenvalue weighted by Gasteiger charge is -2.48. The van der Waals surface area contributed by atoms with Crippen LogP contribution in [0, 0.1) is 27.7 Å². The lowest BCUT2D eigenvalue weighted by Crippen LogP contribution is -2.62. The van der Waals surface area contributed by atoms with E-state index in [1.54, 1.807) is 0 Å². The quantitative estimate of drug-likeness (QED) is 0.154. The first-order chi connectivity index (χ1) is 37.7. The van der Waals surface area contributed by atoms with E-state index in [2.05, 4.69) is 296 Å². The third kappa shape index (κ3) is 8.70. The van der Waals surface area contributed by atoms with E-state index in [9.17, 15) is 0 Å². The highest BCUT2D eigenvalue weighted by Gasteiger charge is 2.48. The van der Waals surface area contributed by atoms with Gasteiger partial charge in [0.1, 0.15) is 0 Å². The van der Waals surface area contributed by atoms with Crippen molar-refractivity contribution in [2.24, 2.45) is 0 Å². The highest BCUT2D eigenvalue weighted by atomic mass is 15.2. The van der Waals surface area contributed by atoms with Crippen molar-refractivity contribution in [3.05, 3.63) is 214 Å². The second-order valence-corrected chi connectivity index (χ2v) is 28.4. The summed E-state index contributed by atoms with van der Waals surface area (Å²) >= 11 is 0. The Balaban J connectivity index is 1.23. The molecule has 12 rings (SSSR count). The summed E-state index contributed by atoms with van der Waals surface area (Å²) in [5, 5.41) is 2.45. The predicted octanol–water partition coefficient (Wildman–Crippen LogP) is 19.5. The van der Waals surface area contributed by atoms with Crippen molar-refractivity contribution < 1.29 is 0 Å². The molecular weight excluding hydrogens is 966 g/mol. The predicted molar refractivity (Wildman–Crippen MR) is 348 cm³/mol. The Morgan fingerprint density at radius 1 is 0.425 bits per heavy atom. The number of para-hydroxylation sites is 1. The fourth-order valence-corrected chi connectivity index (χ4v) is 13.9. The van der Waals surface area contributed by atoms with Crippen LogP contribution in [-0.2, 0) is 27.1 Å². The van der Waals surface area contributed by atoms with Crippen LogP contribution in [0.3, 0.4) is 0 Å². The van der Waals surface area contributed by atoms with Crippen molar-refractivity contribution >= 4 is 85.1 Å². The number of hydrogen-bond acceptors (Lipinski definition) is 3. The van der Waals surface area contributed by atoms with Gasteiger partial charge in [-0.1, -0.05) is 205 Å². The largest absolute Gasteiger partial charge is 0.311 e. The molecule has 0 saturated heterocycles. The van der Waals surface area contributed by atoms with E-state index in [1.807, 2.05) is 0 Å². The van der Waals surface area contributed by atoms with Crippen LogP contribution in [0.5, 0.6) is 0 Å². The van der Waals surface area contributed by atoms with Crippen molar-refractivity contribution in [2.75, 3.05) is 14.7 Å². The Morgan fingerprint density at radius 2 is 0.887 bits per heavy atom. The molecule has 404 valence electrons. The number of nitrogens with zero attached hydrogens (tertiary/aromatic N) is 3. The number of hydrogen-bond donors (Lipinski definition) is 0. The summed E-state index contributed by atoms with van der Waals surface area (Å²) < 4.78 is 0. The van der Waals surface area contributed by atoms with Crippen LogP contribution in [0.4, 0.5) is 51.2 Å². The smallest absolute Gasteiger partial charge is 0.252 e. The zero-order valence-corrected chi connectivity index (χ0v) is 50.9. The molecule has 0 N–H and O–H groups in total. The third-order valence-electron chi connectivity index (χ3n) is 18.5. The van der Waals surface area contributed by atoms with Gasteiger partial charge in [-0.05, 0) is 199 Å². The molecule has 3 aliphatic rings. The maximum atomic E-state index is 2.73. The van der Waals surface area contributed by atoms with Gasteiger partial charge in [0.15, 0.2) is 0 Å². The summed E-state index contributed by atoms with van der Waals surface area (Å²) in [4.78, 5) is 7.96. The molecule has 0 unspecified atom stereocenters. The van der Waals surface area contributed by atoms with Crippen molar-refractivity contribution in [2.45, 2.75) is 158 Å². The summed E-state index contributed by atoms with van der Waals surface area (Å²) in [6, 6.07) is 63.5. The first kappa shape index (κ1) is 53.4. The molecule has 0 atom stereocenters. The molecule has 0 amide bonds. The topological polar surface area (TPSA) is 9.72 Å². The SMILES string of the molecule is Cc1cc(C(C)(C)C)cc(C)c1N1c2cc(N(c3ccccc3)c3ccc4ccccc4c3-c3ccccc3)ccc2B2c3cc4c(cc3N(c3c(C)cc(C(C)(C)C)cc3C)c3cc(C(C)(C)C)cc1c32)C(C)(C)CCC4(C)C. The Labute approximate surface area is 479 Å². The van der Waals surface area contributed by atoms with Gasteiger partial charge in [0.05, 0.1) is 17.1 Å². The van der Waals surface area contributed by atoms with Crippen LogP contribution in [0.2, 0.25) is 0 Å². The summed E-state index contributed by atoms with van der Waals surface area (Å²) in [7, 11) is 0. The molecule has 1 aliphatic carbocycles. The molecule has 0 aromatic heterocycles. The highest BCUT2D eigenvalue weighted by molar-refractivity contribution is 7.00. The zero-order chi connectivity index (χ0) is 56.7. The number of fused-ring (bicyclic) bond motifs is 6. The molecule has 0 bridgehead atoms. The van der Waals surface area contributed by atoms with Crippen LogP contribution in [0.1, 0.15) is 153 Å². The van der Waals surface area contributed by atoms with E-state index in [1.165, 1.54) is 122 Å². The second kappa shape index (κ2) is 18.6. The monoisotopic (exact) mass is 1050 g/mol. The number of rotatable bonds is 6. The maximum Gasteiger partial charge on any atom is 0.252 e. The fraction of sp³-hybridized carbons (Fsp3) is 0.316. The van der Waals surface area contributed by atoms with Gasteiger partial charge in [-0.3, -0.25) is 0 Å². The molecule has 80 heavy (non-hydrogen) atoms. The molecular formula is C76H82BN3. The number of anilines is 9. The molecule has 2 heterocycles. The molecule has 0 spiro atoms. The van der Waals surface area contributed by atoms with Crippen molar-refractivity contribution in [1.29, 1.82) is 0 Å². The van der Waals surface area contributed by atoms with E-state index < -0.39 is 0 Å². The molecule has 3 nitrogen and oxygen atoms in total. The van der Waals surface area contributed by atoms with Crippen molar-refractivity contribution in [3.8, 4) is 11.1 Å². The first-order valence-electron chi connectivity index (χ1n) is 29.5. The molecule has 0 radical (unpaired) electrons. The third-order valence-corrected chi connectivity index (χ3v) is 18.5. The van der Waals surface area contributed by atoms with Crippen LogP contribution >= 0.6 is 0 Å². The van der Waals surface area contributed by atoms with Crippen LogP contribution in [0.15, 0.2) is 164 Å². The van der Waals surface area contributed by atoms with E-state index in [0.29, 0.717) is 0 Å². The maximum absolute atomic E-state index is 2.73. The van der Waals surface area contributed by atoms with Gasteiger partial charge in [0.2, 0.25) is 0 Å². The minimum absolute atomic E-state index is 0.00696. The van der Waals surface area contributed by atoms with Crippen molar-refractivity contribution in [3.63, 3.8) is 0 Å². The summed E-state index contributed by atoms with van der Waals surface area (Å²) in [6.45, 7) is 40.6. The first-order valence-corrected chi connectivity index (χ1v) is 29.5. The van der Waals surface area contributed by atoms with Gasteiger partial charge in [-0.15, -0.1) is 0 Å². The molecule has 0 saturated carbocycles. The van der Waals surface area contributed by atoms with E-state index in [0.717, 1.165) is 29.9 Å². The Hall–Kier alpha value is -7.30. The van der Waals surface area contributed by atoms with E-state index in [-0.39, 0.29) is 33.8 Å². The molecule has 0 fully saturated rings. The summed E-state index contributed by atoms with van der Waals surface area (Å²) in [6.07, 6.45) is 2.30. The standard InChI is InChI=1S/C76H82BN3/c1-47-38-53(72(5,6)7)39-48(2)70(47)79-64-44-57(78(56-29-22-19-23-30-56)63-35-32-51-26-24-25-31-58(51)68(63)52-27-20-18-21-28-52)33-34-61(64)77-62-45-59-60(76(16,17)37-36-75(59,14)15)46-65(62)80(67-43-55(74(11,12)13)42-66(79)69(67)77)71-49(3)40-54(41-50(71)4)73(8,9)10/h18-35,38-46H,36-37H2,1-17H3. The van der Waals surface area contributed by atoms with Gasteiger partial charge in [0.25, 0.3) is 6.71 Å². The van der Waals surface area contributed by atoms with Crippen LogP contribution < -0.4 is 31.1 Å². The molecule has 2 aliphatic heterocycles. The van der Waals surface area contributed by atoms with Crippen molar-refractivity contribution in [1.82, 2.24) is 0 Å². The highest BCUT2D eigenvalue weighted by Crippen LogP contribution is 2.54. The zero-order valence-electron chi connectivity index (χ0n) is 50.9. The summed E-state index contributed by atoms with van der Waals surface area (Å²) in [5.41, 5.74) is 29.5. The van der Waals surface area contributed by atoms with Crippen LogP contribution in [-0.4, -0.2) is 6.71 Å². The Morgan fingerprint density at radius 3 is 1.41 bits per heavy atom. The lowest BCUT2D eigenvalue weighted by atomic mass is 9.33. The van der Waals surface area contributed by atoms with Crippen LogP contribution in [0.25, 0.3) is 21.9 Å². The van der Waals surface area contributed by atoms with Gasteiger partial charge in [-0.2, -0.15) is 0 Å². The minimum Gasteiger partial charge on any atom is -0.311 e. The Bertz CT molecular complexity index is 3910. The van der Waals surface area contributed by atoms with E-state index >= 15 is 0 Å². The van der Waals surface area contributed by atoms with Gasteiger partial charge < -0.3 is 14.7 Å². The lowest BCUT2D eigenvalue weighted by molar-refractivity contribution is 0.332. The normalized spacial score (nSPS) is 15.3. The molecule has 9 aromatic rings. The van der Waals surface area contributed by atoms with Gasteiger partial charge in [0, 0.05) is 39.7 Å². The Kier molecular flexibility index (Phi) is 12.4. The second-order valence-electron chi connectivity index (χ2n) is 28.4. The van der Waals surface area contributed by atoms with E-state index in [4.69, 9.17) is 0 Å². The number of benzene rings is 9. The van der Waals surface area contributed by atoms with Gasteiger partial charge in [-0.25, -0.2) is 0 Å². The average molecular weight is 1050 g/mol. The number of aryl methyl sites for hydroxylation is 4. The molecule has 9 aromatic carbocycles. The fourth-order valence-electron chi connectivity index (χ4n) is 13.9. The molecule has 4 heteroatoms. The average Bonchev–Trinajstić information content (AvgIpc) is 3.40. The summed E-state index contributed by atoms with van der Waals surface area (Å²) in [5.74, 6) is 0.